The summed E-state index contributed by atoms with van der Waals surface area (Å²) in [5, 5.41) is 0. The zero-order valence-corrected chi connectivity index (χ0v) is 16.1. The predicted molar refractivity (Wildman–Crippen MR) is 105 cm³/mol. The zero-order chi connectivity index (χ0) is 18.5. The van der Waals surface area contributed by atoms with Crippen LogP contribution in [0.4, 0.5) is 0 Å². The van der Waals surface area contributed by atoms with Crippen molar-refractivity contribution in [2.24, 2.45) is 0 Å². The van der Waals surface area contributed by atoms with Crippen LogP contribution >= 0.6 is 0 Å². The minimum absolute atomic E-state index is 0.591. The summed E-state index contributed by atoms with van der Waals surface area (Å²) in [4.78, 5) is 2.41. The molecule has 0 aliphatic carbocycles. The third-order valence-corrected chi connectivity index (χ3v) is 5.59. The van der Waals surface area contributed by atoms with Gasteiger partial charge in [0, 0.05) is 6.54 Å². The van der Waals surface area contributed by atoms with Crippen LogP contribution in [0.15, 0.2) is 60.7 Å². The molecule has 0 atom stereocenters. The van der Waals surface area contributed by atoms with Crippen LogP contribution in [0.2, 0.25) is 0 Å². The van der Waals surface area contributed by atoms with Gasteiger partial charge in [-0.1, -0.05) is 67.1 Å². The molecular formula is C21H27NO3S. The van der Waals surface area contributed by atoms with Gasteiger partial charge in [-0.05, 0) is 43.5 Å². The van der Waals surface area contributed by atoms with Crippen molar-refractivity contribution >= 4 is 10.1 Å². The van der Waals surface area contributed by atoms with Crippen molar-refractivity contribution in [2.45, 2.75) is 31.3 Å². The fraction of sp³-hybridized carbons (Fsp3) is 0.429. The number of rotatable bonds is 7. The average molecular weight is 374 g/mol. The maximum Gasteiger partial charge on any atom is 0.265 e. The van der Waals surface area contributed by atoms with E-state index >= 15 is 0 Å². The van der Waals surface area contributed by atoms with Crippen LogP contribution in [0.1, 0.15) is 36.8 Å². The highest BCUT2D eigenvalue weighted by Crippen LogP contribution is 2.38. The van der Waals surface area contributed by atoms with Gasteiger partial charge in [0.15, 0.2) is 0 Å². The molecule has 0 aromatic heterocycles. The first-order chi connectivity index (χ1) is 12.5. The molecule has 1 heterocycles. The second-order valence-corrected chi connectivity index (χ2v) is 8.57. The van der Waals surface area contributed by atoms with E-state index < -0.39 is 15.7 Å². The average Bonchev–Trinajstić information content (AvgIpc) is 2.66. The van der Waals surface area contributed by atoms with Crippen molar-refractivity contribution in [1.29, 1.82) is 0 Å². The lowest BCUT2D eigenvalue weighted by Gasteiger charge is -2.36. The molecule has 2 aromatic rings. The Bertz CT molecular complexity index is 745. The van der Waals surface area contributed by atoms with E-state index in [2.05, 4.69) is 4.90 Å². The summed E-state index contributed by atoms with van der Waals surface area (Å²) >= 11 is 0. The fourth-order valence-electron chi connectivity index (χ4n) is 3.76. The Balaban J connectivity index is 2.02. The number of likely N-dealkylation sites (tertiary alicyclic amines) is 1. The summed E-state index contributed by atoms with van der Waals surface area (Å²) in [6.07, 6.45) is 5.41. The second-order valence-electron chi connectivity index (χ2n) is 7.00. The molecule has 2 aromatic carbocycles. The number of hydrogen-bond donors (Lipinski definition) is 0. The molecule has 1 saturated heterocycles. The van der Waals surface area contributed by atoms with Crippen LogP contribution in [0.5, 0.6) is 0 Å². The van der Waals surface area contributed by atoms with Crippen molar-refractivity contribution in [2.75, 3.05) is 25.9 Å². The summed E-state index contributed by atoms with van der Waals surface area (Å²) in [6, 6.07) is 19.4. The van der Waals surface area contributed by atoms with Crippen molar-refractivity contribution in [3.05, 3.63) is 71.8 Å². The normalized spacial score (nSPS) is 16.5. The van der Waals surface area contributed by atoms with E-state index in [1.807, 2.05) is 60.7 Å². The van der Waals surface area contributed by atoms with E-state index in [0.29, 0.717) is 6.42 Å². The van der Waals surface area contributed by atoms with Crippen LogP contribution in [0, 0.1) is 0 Å². The smallest absolute Gasteiger partial charge is 0.265 e. The summed E-state index contributed by atoms with van der Waals surface area (Å²) < 4.78 is 30.3. The first-order valence-corrected chi connectivity index (χ1v) is 11.1. The quantitative estimate of drug-likeness (QED) is 0.693. The Morgan fingerprint density at radius 3 is 1.85 bits per heavy atom. The molecule has 0 radical (unpaired) electrons. The molecule has 0 saturated carbocycles. The minimum Gasteiger partial charge on any atom is -0.303 e. The molecule has 1 fully saturated rings. The summed E-state index contributed by atoms with van der Waals surface area (Å²) in [5.74, 6) is 0. The lowest BCUT2D eigenvalue weighted by atomic mass is 9.83. The Labute approximate surface area is 156 Å². The number of nitrogens with zero attached hydrogens (tertiary/aromatic N) is 1. The molecule has 3 rings (SSSR count). The number of piperidine rings is 1. The largest absolute Gasteiger partial charge is 0.303 e. The highest BCUT2D eigenvalue weighted by molar-refractivity contribution is 7.86. The van der Waals surface area contributed by atoms with E-state index in [4.69, 9.17) is 4.18 Å². The maximum absolute atomic E-state index is 12.2. The molecule has 0 N–H and O–H groups in total. The van der Waals surface area contributed by atoms with Gasteiger partial charge in [0.1, 0.15) is 5.60 Å². The summed E-state index contributed by atoms with van der Waals surface area (Å²) in [5.41, 5.74) is 0.732. The molecule has 4 nitrogen and oxygen atoms in total. The Hall–Kier alpha value is -1.69. The van der Waals surface area contributed by atoms with Gasteiger partial charge in [-0.2, -0.15) is 8.42 Å². The van der Waals surface area contributed by atoms with Crippen molar-refractivity contribution < 1.29 is 12.6 Å². The third-order valence-electron chi connectivity index (χ3n) is 5.00. The molecule has 26 heavy (non-hydrogen) atoms. The fourth-order valence-corrected chi connectivity index (χ4v) is 4.56. The van der Waals surface area contributed by atoms with Crippen LogP contribution in [-0.4, -0.2) is 39.2 Å². The highest BCUT2D eigenvalue weighted by atomic mass is 32.2. The number of hydrogen-bond acceptors (Lipinski definition) is 4. The molecule has 1 aliphatic rings. The zero-order valence-electron chi connectivity index (χ0n) is 15.3. The van der Waals surface area contributed by atoms with E-state index in [1.54, 1.807) is 0 Å². The second kappa shape index (κ2) is 8.33. The molecule has 0 spiro atoms. The number of benzene rings is 2. The molecule has 0 amide bonds. The predicted octanol–water partition coefficient (Wildman–Crippen LogP) is 3.78. The topological polar surface area (TPSA) is 46.6 Å². The first-order valence-electron chi connectivity index (χ1n) is 9.24. The van der Waals surface area contributed by atoms with Gasteiger partial charge in [0.2, 0.25) is 0 Å². The van der Waals surface area contributed by atoms with Crippen molar-refractivity contribution in [1.82, 2.24) is 4.90 Å². The highest BCUT2D eigenvalue weighted by Gasteiger charge is 2.39. The van der Waals surface area contributed by atoms with Crippen LogP contribution < -0.4 is 0 Å². The molecular weight excluding hydrogens is 346 g/mol. The van der Waals surface area contributed by atoms with E-state index in [9.17, 15) is 8.42 Å². The van der Waals surface area contributed by atoms with Gasteiger partial charge < -0.3 is 4.90 Å². The Kier molecular flexibility index (Phi) is 6.12. The molecule has 0 unspecified atom stereocenters. The minimum atomic E-state index is -3.65. The SMILES string of the molecule is CS(=O)(=O)OC(CCN1CCCCC1)(c1ccccc1)c1ccccc1. The lowest BCUT2D eigenvalue weighted by molar-refractivity contribution is 0.0877. The molecule has 0 bridgehead atoms. The van der Waals surface area contributed by atoms with Crippen LogP contribution in [0.25, 0.3) is 0 Å². The van der Waals surface area contributed by atoms with Gasteiger partial charge in [-0.25, -0.2) is 0 Å². The van der Waals surface area contributed by atoms with Gasteiger partial charge in [-0.3, -0.25) is 4.18 Å². The standard InChI is InChI=1S/C21H27NO3S/c1-26(23,24)25-21(19-11-5-2-6-12-19,20-13-7-3-8-14-20)15-18-22-16-9-4-10-17-22/h2-3,5-8,11-14H,4,9-10,15-18H2,1H3. The van der Waals surface area contributed by atoms with Gasteiger partial charge in [0.05, 0.1) is 6.26 Å². The van der Waals surface area contributed by atoms with Gasteiger partial charge >= 0.3 is 0 Å². The Morgan fingerprint density at radius 1 is 0.885 bits per heavy atom. The molecule has 140 valence electrons. The monoisotopic (exact) mass is 373 g/mol. The maximum atomic E-state index is 12.2. The summed E-state index contributed by atoms with van der Waals surface area (Å²) in [7, 11) is -3.65. The van der Waals surface area contributed by atoms with E-state index in [-0.39, 0.29) is 0 Å². The van der Waals surface area contributed by atoms with Crippen molar-refractivity contribution in [3.8, 4) is 0 Å². The van der Waals surface area contributed by atoms with E-state index in [0.717, 1.165) is 37.0 Å². The Morgan fingerprint density at radius 2 is 1.38 bits per heavy atom. The first kappa shape index (κ1) is 19.1. The van der Waals surface area contributed by atoms with Crippen molar-refractivity contribution in [3.63, 3.8) is 0 Å². The van der Waals surface area contributed by atoms with Gasteiger partial charge in [-0.15, -0.1) is 0 Å². The van der Waals surface area contributed by atoms with Crippen LogP contribution in [0.3, 0.4) is 0 Å². The van der Waals surface area contributed by atoms with E-state index in [1.165, 1.54) is 19.3 Å². The molecule has 1 aliphatic heterocycles. The summed E-state index contributed by atoms with van der Waals surface area (Å²) in [6.45, 7) is 2.94. The third kappa shape index (κ3) is 4.72. The lowest BCUT2D eigenvalue weighted by Crippen LogP contribution is -2.39. The molecule has 5 heteroatoms. The van der Waals surface area contributed by atoms with Crippen LogP contribution in [-0.2, 0) is 19.9 Å². The van der Waals surface area contributed by atoms with Gasteiger partial charge in [0.25, 0.3) is 10.1 Å².